The molecular weight excluding hydrogens is 395 g/mol. The molecule has 4 nitrogen and oxygen atoms in total. The fraction of sp³-hybridized carbons (Fsp3) is 0.409. The van der Waals surface area contributed by atoms with Crippen LogP contribution in [0.25, 0.3) is 0 Å². The lowest BCUT2D eigenvalue weighted by Gasteiger charge is -2.30. The average molecular weight is 421 g/mol. The Labute approximate surface area is 176 Å². The van der Waals surface area contributed by atoms with Crippen molar-refractivity contribution in [2.75, 3.05) is 20.2 Å². The number of hydrogen-bond donors (Lipinski definition) is 1. The van der Waals surface area contributed by atoms with Gasteiger partial charge in [0.05, 0.1) is 29.7 Å². The van der Waals surface area contributed by atoms with Gasteiger partial charge in [0, 0.05) is 12.1 Å². The van der Waals surface area contributed by atoms with Crippen LogP contribution < -0.4 is 10.1 Å². The lowest BCUT2D eigenvalue weighted by Crippen LogP contribution is -2.44. The SMILES string of the molecule is COc1cccc(C2CCCN2C(=O)CNC(C)(C)c2ccc(Cl)c(Cl)c2)c1. The van der Waals surface area contributed by atoms with Gasteiger partial charge in [-0.15, -0.1) is 0 Å². The van der Waals surface area contributed by atoms with Gasteiger partial charge in [0.15, 0.2) is 0 Å². The van der Waals surface area contributed by atoms with E-state index < -0.39 is 5.54 Å². The van der Waals surface area contributed by atoms with E-state index in [2.05, 4.69) is 11.4 Å². The molecule has 3 rings (SSSR count). The predicted octanol–water partition coefficient (Wildman–Crippen LogP) is 5.19. The van der Waals surface area contributed by atoms with E-state index in [1.54, 1.807) is 13.2 Å². The zero-order valence-electron chi connectivity index (χ0n) is 16.5. The largest absolute Gasteiger partial charge is 0.497 e. The highest BCUT2D eigenvalue weighted by Crippen LogP contribution is 2.34. The predicted molar refractivity (Wildman–Crippen MR) is 114 cm³/mol. The van der Waals surface area contributed by atoms with Crippen molar-refractivity contribution in [2.24, 2.45) is 0 Å². The molecule has 1 heterocycles. The molecule has 0 aromatic heterocycles. The number of amides is 1. The van der Waals surface area contributed by atoms with Crippen LogP contribution in [-0.4, -0.2) is 31.0 Å². The van der Waals surface area contributed by atoms with Crippen LogP contribution in [0.3, 0.4) is 0 Å². The number of nitrogens with one attached hydrogen (secondary N) is 1. The van der Waals surface area contributed by atoms with E-state index in [0.29, 0.717) is 10.0 Å². The maximum absolute atomic E-state index is 13.0. The summed E-state index contributed by atoms with van der Waals surface area (Å²) >= 11 is 12.2. The van der Waals surface area contributed by atoms with Crippen LogP contribution in [0.2, 0.25) is 10.0 Å². The van der Waals surface area contributed by atoms with Gasteiger partial charge in [-0.25, -0.2) is 0 Å². The summed E-state index contributed by atoms with van der Waals surface area (Å²) in [5.41, 5.74) is 1.70. The van der Waals surface area contributed by atoms with Crippen molar-refractivity contribution in [3.8, 4) is 5.75 Å². The molecule has 0 bridgehead atoms. The van der Waals surface area contributed by atoms with Crippen molar-refractivity contribution in [3.05, 3.63) is 63.6 Å². The monoisotopic (exact) mass is 420 g/mol. The summed E-state index contributed by atoms with van der Waals surface area (Å²) in [6.45, 7) is 5.09. The molecule has 2 aromatic rings. The zero-order chi connectivity index (χ0) is 20.3. The molecule has 1 unspecified atom stereocenters. The normalized spacial score (nSPS) is 17.0. The van der Waals surface area contributed by atoms with Gasteiger partial charge in [0.2, 0.25) is 5.91 Å². The summed E-state index contributed by atoms with van der Waals surface area (Å²) in [7, 11) is 1.66. The van der Waals surface area contributed by atoms with Crippen LogP contribution in [0.4, 0.5) is 0 Å². The van der Waals surface area contributed by atoms with Crippen LogP contribution in [-0.2, 0) is 10.3 Å². The summed E-state index contributed by atoms with van der Waals surface area (Å²) in [6, 6.07) is 13.6. The summed E-state index contributed by atoms with van der Waals surface area (Å²) in [5.74, 6) is 0.911. The molecule has 1 atom stereocenters. The smallest absolute Gasteiger partial charge is 0.237 e. The van der Waals surface area contributed by atoms with Crippen molar-refractivity contribution >= 4 is 29.1 Å². The molecule has 2 aromatic carbocycles. The first-order valence-electron chi connectivity index (χ1n) is 9.46. The fourth-order valence-corrected chi connectivity index (χ4v) is 3.94. The van der Waals surface area contributed by atoms with Crippen LogP contribution in [0.1, 0.15) is 43.9 Å². The highest BCUT2D eigenvalue weighted by Gasteiger charge is 2.31. The third kappa shape index (κ3) is 4.62. The van der Waals surface area contributed by atoms with E-state index in [0.717, 1.165) is 36.3 Å². The molecule has 1 amide bonds. The maximum Gasteiger partial charge on any atom is 0.237 e. The highest BCUT2D eigenvalue weighted by atomic mass is 35.5. The minimum Gasteiger partial charge on any atom is -0.497 e. The van der Waals surface area contributed by atoms with Crippen LogP contribution in [0.15, 0.2) is 42.5 Å². The Morgan fingerprint density at radius 1 is 1.21 bits per heavy atom. The van der Waals surface area contributed by atoms with Crippen molar-refractivity contribution in [2.45, 2.75) is 38.3 Å². The first kappa shape index (κ1) is 21.0. The van der Waals surface area contributed by atoms with Gasteiger partial charge in [0.25, 0.3) is 0 Å². The fourth-order valence-electron chi connectivity index (χ4n) is 3.65. The quantitative estimate of drug-likeness (QED) is 0.698. The first-order chi connectivity index (χ1) is 13.3. The number of carbonyl (C=O) groups excluding carboxylic acids is 1. The van der Waals surface area contributed by atoms with Crippen LogP contribution in [0, 0.1) is 0 Å². The maximum atomic E-state index is 13.0. The molecule has 150 valence electrons. The van der Waals surface area contributed by atoms with Crippen molar-refractivity contribution in [1.82, 2.24) is 10.2 Å². The van der Waals surface area contributed by atoms with Gasteiger partial charge >= 0.3 is 0 Å². The Morgan fingerprint density at radius 3 is 2.71 bits per heavy atom. The third-order valence-electron chi connectivity index (χ3n) is 5.37. The Kier molecular flexibility index (Phi) is 6.54. The molecule has 0 aliphatic carbocycles. The second kappa shape index (κ2) is 8.73. The molecule has 1 aliphatic heterocycles. The summed E-state index contributed by atoms with van der Waals surface area (Å²) in [5, 5.41) is 4.41. The second-order valence-corrected chi connectivity index (χ2v) is 8.44. The van der Waals surface area contributed by atoms with E-state index >= 15 is 0 Å². The Morgan fingerprint density at radius 2 is 2.00 bits per heavy atom. The molecule has 28 heavy (non-hydrogen) atoms. The molecule has 1 fully saturated rings. The van der Waals surface area contributed by atoms with E-state index in [9.17, 15) is 4.79 Å². The van der Waals surface area contributed by atoms with Crippen molar-refractivity contribution in [3.63, 3.8) is 0 Å². The van der Waals surface area contributed by atoms with Gasteiger partial charge in [-0.1, -0.05) is 41.4 Å². The molecule has 0 saturated carbocycles. The van der Waals surface area contributed by atoms with Gasteiger partial charge in [-0.2, -0.15) is 0 Å². The van der Waals surface area contributed by atoms with Crippen LogP contribution in [0.5, 0.6) is 5.75 Å². The lowest BCUT2D eigenvalue weighted by molar-refractivity contribution is -0.131. The Balaban J connectivity index is 1.68. The van der Waals surface area contributed by atoms with E-state index in [-0.39, 0.29) is 18.5 Å². The molecule has 1 N–H and O–H groups in total. The number of benzene rings is 2. The number of hydrogen-bond acceptors (Lipinski definition) is 3. The number of methoxy groups -OCH3 is 1. The standard InChI is InChI=1S/C22H26Cl2N2O2/c1-22(2,16-9-10-18(23)19(24)13-16)25-14-21(27)26-11-5-8-20(26)15-6-4-7-17(12-15)28-3/h4,6-7,9-10,12-13,20,25H,5,8,11,14H2,1-3H3. The number of rotatable bonds is 6. The zero-order valence-corrected chi connectivity index (χ0v) is 18.0. The molecule has 6 heteroatoms. The molecular formula is C22H26Cl2N2O2. The number of likely N-dealkylation sites (tertiary alicyclic amines) is 1. The number of ether oxygens (including phenoxy) is 1. The molecule has 0 radical (unpaired) electrons. The second-order valence-electron chi connectivity index (χ2n) is 7.63. The topological polar surface area (TPSA) is 41.6 Å². The van der Waals surface area contributed by atoms with Gasteiger partial charge in [-0.3, -0.25) is 10.1 Å². The molecule has 0 spiro atoms. The van der Waals surface area contributed by atoms with Gasteiger partial charge in [0.1, 0.15) is 5.75 Å². The Hall–Kier alpha value is -1.75. The number of halogens is 2. The van der Waals surface area contributed by atoms with Crippen molar-refractivity contribution < 1.29 is 9.53 Å². The highest BCUT2D eigenvalue weighted by molar-refractivity contribution is 6.42. The third-order valence-corrected chi connectivity index (χ3v) is 6.11. The van der Waals surface area contributed by atoms with E-state index in [1.165, 1.54) is 0 Å². The lowest BCUT2D eigenvalue weighted by atomic mass is 9.94. The summed E-state index contributed by atoms with van der Waals surface area (Å²) < 4.78 is 5.33. The van der Waals surface area contributed by atoms with Crippen molar-refractivity contribution in [1.29, 1.82) is 0 Å². The average Bonchev–Trinajstić information content (AvgIpc) is 3.18. The van der Waals surface area contributed by atoms with Gasteiger partial charge < -0.3 is 9.64 Å². The Bertz CT molecular complexity index is 854. The molecule has 1 saturated heterocycles. The first-order valence-corrected chi connectivity index (χ1v) is 10.2. The van der Waals surface area contributed by atoms with E-state index in [1.807, 2.05) is 49.1 Å². The van der Waals surface area contributed by atoms with Crippen LogP contribution >= 0.6 is 23.2 Å². The number of carbonyl (C=O) groups is 1. The van der Waals surface area contributed by atoms with Gasteiger partial charge in [-0.05, 0) is 62.1 Å². The minimum atomic E-state index is -0.408. The number of nitrogens with zero attached hydrogens (tertiary/aromatic N) is 1. The van der Waals surface area contributed by atoms with E-state index in [4.69, 9.17) is 27.9 Å². The molecule has 1 aliphatic rings. The minimum absolute atomic E-state index is 0.0949. The summed E-state index contributed by atoms with van der Waals surface area (Å²) in [6.07, 6.45) is 1.97. The summed E-state index contributed by atoms with van der Waals surface area (Å²) in [4.78, 5) is 14.9.